The van der Waals surface area contributed by atoms with Gasteiger partial charge < -0.3 is 20.1 Å². The number of halogens is 2. The van der Waals surface area contributed by atoms with Crippen molar-refractivity contribution in [2.45, 2.75) is 26.1 Å². The van der Waals surface area contributed by atoms with Crippen molar-refractivity contribution < 1.29 is 18.3 Å². The van der Waals surface area contributed by atoms with E-state index in [4.69, 9.17) is 9.47 Å². The third kappa shape index (κ3) is 5.33. The topological polar surface area (TPSA) is 72.7 Å². The van der Waals surface area contributed by atoms with Crippen LogP contribution >= 0.6 is 0 Å². The van der Waals surface area contributed by atoms with Gasteiger partial charge in [-0.3, -0.25) is 9.56 Å². The smallest absolute Gasteiger partial charge is 0.319 e. The van der Waals surface area contributed by atoms with Gasteiger partial charge in [-0.15, -0.1) is 0 Å². The minimum atomic E-state index is -2.63. The summed E-state index contributed by atoms with van der Waals surface area (Å²) in [5.41, 5.74) is 0. The van der Waals surface area contributed by atoms with Crippen LogP contribution in [0.25, 0.3) is 0 Å². The number of ether oxygens (including phenoxy) is 2. The molecule has 0 saturated heterocycles. The van der Waals surface area contributed by atoms with Crippen molar-refractivity contribution in [3.63, 3.8) is 0 Å². The number of methoxy groups -OCH3 is 1. The van der Waals surface area contributed by atoms with E-state index in [-0.39, 0.29) is 18.5 Å². The second kappa shape index (κ2) is 9.59. The normalized spacial score (nSPS) is 12.8. The Balaban J connectivity index is 1.83. The molecule has 1 aromatic carbocycles. The van der Waals surface area contributed by atoms with Gasteiger partial charge in [0.15, 0.2) is 17.5 Å². The van der Waals surface area contributed by atoms with Crippen LogP contribution in [0.15, 0.2) is 41.7 Å². The summed E-state index contributed by atoms with van der Waals surface area (Å²) in [5, 5.41) is 6.04. The van der Waals surface area contributed by atoms with Gasteiger partial charge in [0.05, 0.1) is 20.2 Å². The molecule has 1 atom stereocenters. The van der Waals surface area contributed by atoms with Gasteiger partial charge in [0.1, 0.15) is 11.9 Å². The lowest BCUT2D eigenvalue weighted by atomic mass is 10.3. The Morgan fingerprint density at radius 1 is 1.27 bits per heavy atom. The number of imidazole rings is 1. The van der Waals surface area contributed by atoms with E-state index >= 15 is 0 Å². The van der Waals surface area contributed by atoms with Crippen molar-refractivity contribution in [2.75, 3.05) is 20.7 Å². The largest absolute Gasteiger partial charge is 0.493 e. The molecule has 0 aliphatic carbocycles. The van der Waals surface area contributed by atoms with Crippen molar-refractivity contribution in [1.82, 2.24) is 20.2 Å². The standard InChI is InChI=1S/C17H23F2N5O2/c1-12(26-14-7-5-4-6-13(14)25-3)10-22-17(20-2)23-11-15-21-8-9-24(15)16(18)19/h4-9,12,16H,10-11H2,1-3H3,(H2,20,22,23). The zero-order chi connectivity index (χ0) is 18.9. The number of hydrogen-bond acceptors (Lipinski definition) is 4. The maximum Gasteiger partial charge on any atom is 0.319 e. The lowest BCUT2D eigenvalue weighted by Gasteiger charge is -2.19. The maximum absolute atomic E-state index is 12.8. The van der Waals surface area contributed by atoms with Crippen LogP contribution in [0.4, 0.5) is 8.78 Å². The molecule has 1 unspecified atom stereocenters. The van der Waals surface area contributed by atoms with Crippen LogP contribution in [0.1, 0.15) is 19.3 Å². The molecule has 2 aromatic rings. The number of rotatable bonds is 8. The first-order valence-corrected chi connectivity index (χ1v) is 8.09. The first-order valence-electron chi connectivity index (χ1n) is 8.09. The number of aliphatic imine (C=N–C) groups is 1. The minimum absolute atomic E-state index is 0.124. The zero-order valence-corrected chi connectivity index (χ0v) is 14.9. The van der Waals surface area contributed by atoms with E-state index in [1.54, 1.807) is 14.2 Å². The fraction of sp³-hybridized carbons (Fsp3) is 0.412. The third-order valence-electron chi connectivity index (χ3n) is 3.55. The molecule has 0 fully saturated rings. The highest BCUT2D eigenvalue weighted by Crippen LogP contribution is 2.26. The summed E-state index contributed by atoms with van der Waals surface area (Å²) < 4.78 is 37.5. The van der Waals surface area contributed by atoms with Gasteiger partial charge in [-0.05, 0) is 19.1 Å². The number of alkyl halides is 2. The summed E-state index contributed by atoms with van der Waals surface area (Å²) in [6, 6.07) is 7.38. The summed E-state index contributed by atoms with van der Waals surface area (Å²) in [6.45, 7) is -0.144. The number of hydrogen-bond donors (Lipinski definition) is 2. The molecule has 1 aromatic heterocycles. The van der Waals surface area contributed by atoms with E-state index in [1.165, 1.54) is 12.4 Å². The Labute approximate surface area is 151 Å². The minimum Gasteiger partial charge on any atom is -0.493 e. The molecule has 2 rings (SSSR count). The highest BCUT2D eigenvalue weighted by Gasteiger charge is 2.12. The average Bonchev–Trinajstić information content (AvgIpc) is 3.11. The lowest BCUT2D eigenvalue weighted by Crippen LogP contribution is -2.41. The molecule has 0 aliphatic rings. The predicted octanol–water partition coefficient (Wildman–Crippen LogP) is 2.42. The number of benzene rings is 1. The Morgan fingerprint density at radius 3 is 2.65 bits per heavy atom. The maximum atomic E-state index is 12.8. The monoisotopic (exact) mass is 367 g/mol. The SMILES string of the molecule is CN=C(NCc1nccn1C(F)F)NCC(C)Oc1ccccc1OC. The van der Waals surface area contributed by atoms with E-state index in [2.05, 4.69) is 20.6 Å². The van der Waals surface area contributed by atoms with Crippen molar-refractivity contribution in [1.29, 1.82) is 0 Å². The van der Waals surface area contributed by atoms with E-state index in [9.17, 15) is 8.78 Å². The van der Waals surface area contributed by atoms with Crippen LogP contribution in [-0.4, -0.2) is 42.3 Å². The number of nitrogens with zero attached hydrogens (tertiary/aromatic N) is 3. The van der Waals surface area contributed by atoms with Gasteiger partial charge in [0.2, 0.25) is 0 Å². The number of nitrogens with one attached hydrogen (secondary N) is 2. The van der Waals surface area contributed by atoms with E-state index in [0.29, 0.717) is 24.0 Å². The quantitative estimate of drug-likeness (QED) is 0.554. The molecule has 0 spiro atoms. The molecule has 9 heteroatoms. The molecular formula is C17H23F2N5O2. The third-order valence-corrected chi connectivity index (χ3v) is 3.55. The van der Waals surface area contributed by atoms with Crippen molar-refractivity contribution >= 4 is 5.96 Å². The first-order chi connectivity index (χ1) is 12.5. The fourth-order valence-electron chi connectivity index (χ4n) is 2.26. The molecule has 26 heavy (non-hydrogen) atoms. The van der Waals surface area contributed by atoms with E-state index in [1.807, 2.05) is 31.2 Å². The molecule has 142 valence electrons. The molecule has 2 N–H and O–H groups in total. The second-order valence-corrected chi connectivity index (χ2v) is 5.41. The van der Waals surface area contributed by atoms with Crippen molar-refractivity contribution in [3.05, 3.63) is 42.5 Å². The van der Waals surface area contributed by atoms with Gasteiger partial charge in [-0.2, -0.15) is 8.78 Å². The van der Waals surface area contributed by atoms with Crippen molar-refractivity contribution in [3.8, 4) is 11.5 Å². The molecular weight excluding hydrogens is 344 g/mol. The van der Waals surface area contributed by atoms with Gasteiger partial charge in [0.25, 0.3) is 0 Å². The van der Waals surface area contributed by atoms with Gasteiger partial charge >= 0.3 is 6.55 Å². The lowest BCUT2D eigenvalue weighted by molar-refractivity contribution is 0.0668. The fourth-order valence-corrected chi connectivity index (χ4v) is 2.26. The zero-order valence-electron chi connectivity index (χ0n) is 14.9. The summed E-state index contributed by atoms with van der Waals surface area (Å²) in [5.74, 6) is 1.98. The summed E-state index contributed by atoms with van der Waals surface area (Å²) >= 11 is 0. The van der Waals surface area contributed by atoms with E-state index < -0.39 is 6.55 Å². The van der Waals surface area contributed by atoms with Crippen LogP contribution in [0.2, 0.25) is 0 Å². The molecule has 0 radical (unpaired) electrons. The van der Waals surface area contributed by atoms with Crippen LogP contribution in [0.3, 0.4) is 0 Å². The molecule has 7 nitrogen and oxygen atoms in total. The van der Waals surface area contributed by atoms with Crippen LogP contribution in [0, 0.1) is 0 Å². The van der Waals surface area contributed by atoms with Gasteiger partial charge in [0, 0.05) is 19.4 Å². The van der Waals surface area contributed by atoms with Crippen LogP contribution < -0.4 is 20.1 Å². The van der Waals surface area contributed by atoms with Crippen LogP contribution in [0.5, 0.6) is 11.5 Å². The van der Waals surface area contributed by atoms with Gasteiger partial charge in [-0.1, -0.05) is 12.1 Å². The molecule has 0 amide bonds. The number of para-hydroxylation sites is 2. The molecule has 0 saturated carbocycles. The highest BCUT2D eigenvalue weighted by molar-refractivity contribution is 5.79. The Hall–Kier alpha value is -2.84. The second-order valence-electron chi connectivity index (χ2n) is 5.41. The van der Waals surface area contributed by atoms with Crippen LogP contribution in [-0.2, 0) is 6.54 Å². The van der Waals surface area contributed by atoms with Gasteiger partial charge in [-0.25, -0.2) is 4.98 Å². The predicted molar refractivity (Wildman–Crippen MR) is 94.8 cm³/mol. The number of guanidine groups is 1. The van der Waals surface area contributed by atoms with E-state index in [0.717, 1.165) is 4.57 Å². The van der Waals surface area contributed by atoms with Crippen molar-refractivity contribution in [2.24, 2.45) is 4.99 Å². The molecule has 1 heterocycles. The summed E-state index contributed by atoms with van der Waals surface area (Å²) in [7, 11) is 3.18. The average molecular weight is 367 g/mol. The summed E-state index contributed by atoms with van der Waals surface area (Å²) in [6.07, 6.45) is 2.40. The highest BCUT2D eigenvalue weighted by atomic mass is 19.3. The Bertz CT molecular complexity index is 721. The first kappa shape index (κ1) is 19.5. The number of aromatic nitrogens is 2. The Morgan fingerprint density at radius 2 is 2.00 bits per heavy atom. The summed E-state index contributed by atoms with van der Waals surface area (Å²) in [4.78, 5) is 7.98. The Kier molecular flexibility index (Phi) is 7.19. The molecule has 0 bridgehead atoms. The molecule has 0 aliphatic heterocycles.